The number of carbonyl (C=O) groups excluding carboxylic acids is 3. The molecule has 1 aromatic carbocycles. The van der Waals surface area contributed by atoms with E-state index in [4.69, 9.17) is 20.7 Å². The zero-order valence-electron chi connectivity index (χ0n) is 17.8. The molecule has 33 heavy (non-hydrogen) atoms. The average molecular weight is 548 g/mol. The number of carbonyl (C=O) groups is 3. The maximum Gasteiger partial charge on any atom is 0 e. The number of rotatable bonds is 6. The third kappa shape index (κ3) is 12.9. The fraction of sp³-hybridized carbons (Fsp3) is 0.471. The van der Waals surface area contributed by atoms with Crippen LogP contribution in [0.15, 0.2) is 24.3 Å². The first-order valence-corrected chi connectivity index (χ1v) is 10.3. The molecule has 0 spiro atoms. The Morgan fingerprint density at radius 3 is 1.94 bits per heavy atom. The van der Waals surface area contributed by atoms with Gasteiger partial charge in [-0.2, -0.15) is 8.42 Å². The van der Waals surface area contributed by atoms with Gasteiger partial charge in [-0.25, -0.2) is 4.79 Å². The molecule has 1 aliphatic heterocycles. The Labute approximate surface area is 226 Å². The van der Waals surface area contributed by atoms with Crippen LogP contribution in [-0.2, 0) is 39.5 Å². The number of benzene rings is 1. The Morgan fingerprint density at radius 1 is 1.12 bits per heavy atom. The van der Waals surface area contributed by atoms with Crippen molar-refractivity contribution in [3.8, 4) is 11.5 Å². The van der Waals surface area contributed by atoms with E-state index in [1.165, 1.54) is 29.2 Å². The van der Waals surface area contributed by atoms with Crippen LogP contribution < -0.4 is 14.8 Å². The number of phenolic OH excluding ortho intramolecular Hbond substituents is 1. The zero-order chi connectivity index (χ0) is 24.2. The molecule has 0 aliphatic carbocycles. The first kappa shape index (κ1) is 35.9. The van der Waals surface area contributed by atoms with Crippen LogP contribution in [-0.4, -0.2) is 65.5 Å². The molecule has 0 saturated carbocycles. The van der Waals surface area contributed by atoms with Crippen molar-refractivity contribution in [2.45, 2.75) is 40.0 Å². The fourth-order valence-corrected chi connectivity index (χ4v) is 2.85. The van der Waals surface area contributed by atoms with Crippen LogP contribution in [0, 0.1) is 11.3 Å². The quantitative estimate of drug-likeness (QED) is 0.103. The summed E-state index contributed by atoms with van der Waals surface area (Å²) in [6.07, 6.45) is 1.67. The number of amides is 4. The van der Waals surface area contributed by atoms with E-state index in [9.17, 15) is 22.8 Å². The predicted molar refractivity (Wildman–Crippen MR) is 116 cm³/mol. The van der Waals surface area contributed by atoms with Gasteiger partial charge in [0.1, 0.15) is 5.41 Å². The van der Waals surface area contributed by atoms with Crippen LogP contribution >= 0.6 is 0 Å². The summed E-state index contributed by atoms with van der Waals surface area (Å²) in [5, 5.41) is 13.3. The van der Waals surface area contributed by atoms with Crippen molar-refractivity contribution in [3.05, 3.63) is 40.2 Å². The molecule has 0 radical (unpaired) electrons. The van der Waals surface area contributed by atoms with Gasteiger partial charge >= 0.3 is 46.0 Å². The van der Waals surface area contributed by atoms with E-state index in [2.05, 4.69) is 14.8 Å². The molecule has 1 heterocycles. The summed E-state index contributed by atoms with van der Waals surface area (Å²) in [5.41, 5.74) is 12.4. The van der Waals surface area contributed by atoms with E-state index >= 15 is 0 Å². The normalized spacial score (nSPS) is 13.8. The predicted octanol–water partition coefficient (Wildman–Crippen LogP) is 1.97. The molecule has 0 bridgehead atoms. The number of nitrogens with one attached hydrogen (secondary N) is 2. The summed E-state index contributed by atoms with van der Waals surface area (Å²) in [6, 6.07) is 4.68. The minimum absolute atomic E-state index is 0. The van der Waals surface area contributed by atoms with Crippen LogP contribution in [0.4, 0.5) is 4.79 Å². The average Bonchev–Trinajstić information content (AvgIpc) is 2.63. The van der Waals surface area contributed by atoms with Gasteiger partial charge in [-0.05, 0) is 37.3 Å². The van der Waals surface area contributed by atoms with Gasteiger partial charge in [-0.1, -0.05) is 32.9 Å². The van der Waals surface area contributed by atoms with Gasteiger partial charge in [0.15, 0.2) is 11.5 Å². The van der Waals surface area contributed by atoms with Crippen molar-refractivity contribution in [2.75, 3.05) is 0 Å². The minimum atomic E-state index is -4.56. The van der Waals surface area contributed by atoms with Crippen molar-refractivity contribution in [1.29, 1.82) is 0 Å². The summed E-state index contributed by atoms with van der Waals surface area (Å²) in [7, 11) is -4.56. The van der Waals surface area contributed by atoms with E-state index in [0.29, 0.717) is 18.8 Å². The summed E-state index contributed by atoms with van der Waals surface area (Å²) in [4.78, 5) is 36.0. The molecule has 2 rings (SSSR count). The summed E-state index contributed by atoms with van der Waals surface area (Å²) >= 11 is 0. The number of hydrogen-bond donors (Lipinski definition) is 4. The van der Waals surface area contributed by atoms with E-state index in [-0.39, 0.29) is 60.5 Å². The largest absolute Gasteiger partial charge is 0 e. The number of hydrogen-bond acceptors (Lipinski definition) is 7. The van der Waals surface area contributed by atoms with Gasteiger partial charge in [-0.15, -0.1) is 0 Å². The molecule has 1 fully saturated rings. The fourth-order valence-electron chi connectivity index (χ4n) is 2.48. The second-order valence-electron chi connectivity index (χ2n) is 6.67. The number of barbiturate groups is 1. The molecule has 4 N–H and O–H groups in total. The van der Waals surface area contributed by atoms with E-state index in [1.807, 2.05) is 13.8 Å². The van der Waals surface area contributed by atoms with Gasteiger partial charge in [0.25, 0.3) is 0 Å². The monoisotopic (exact) mass is 546 g/mol. The van der Waals surface area contributed by atoms with E-state index < -0.39 is 33.7 Å². The molecule has 1 aliphatic rings. The van der Waals surface area contributed by atoms with E-state index in [1.54, 1.807) is 6.92 Å². The molecular formula is C17H25N5NaO8SZn-. The summed E-state index contributed by atoms with van der Waals surface area (Å²) < 4.78 is 32.6. The molecule has 0 unspecified atom stereocenters. The van der Waals surface area contributed by atoms with Gasteiger partial charge in [-0.3, -0.25) is 29.7 Å². The molecular weight excluding hydrogens is 523 g/mol. The van der Waals surface area contributed by atoms with E-state index in [0.717, 1.165) is 6.42 Å². The standard InChI is InChI=1S/C11H18N2O3.C6H6O5S.N3.Na.Zn.H/c1-4-11(6-5-7(2)3)8(14)12-10(16)13-9(11)15;7-5-3-1-2-4-6(5)11-12(8,9)10;1-3-2;;;/h7H,4-6H2,1-3H3,(H2,12,13,14,15,16);1-4,7H,(H,8,9,10);;;;/q;;-1;;;. The minimum Gasteiger partial charge on any atom is 0 e. The van der Waals surface area contributed by atoms with Crippen LogP contribution in [0.2, 0.25) is 0 Å². The summed E-state index contributed by atoms with van der Waals surface area (Å²) in [6.45, 7) is 5.86. The number of aromatic hydroxyl groups is 1. The van der Waals surface area contributed by atoms with Crippen molar-refractivity contribution < 1.29 is 56.1 Å². The Balaban J connectivity index is -0.000000474. The number of phenols is 1. The molecule has 4 amide bonds. The van der Waals surface area contributed by atoms with Crippen LogP contribution in [0.5, 0.6) is 11.5 Å². The zero-order valence-corrected chi connectivity index (χ0v) is 21.6. The maximum atomic E-state index is 11.8. The van der Waals surface area contributed by atoms with Crippen molar-refractivity contribution >= 4 is 57.8 Å². The van der Waals surface area contributed by atoms with Gasteiger partial charge < -0.3 is 20.4 Å². The van der Waals surface area contributed by atoms with Gasteiger partial charge in [0, 0.05) is 19.5 Å². The molecule has 0 aromatic heterocycles. The Hall–Kier alpha value is -1.73. The Kier molecular flexibility index (Phi) is 18.3. The third-order valence-corrected chi connectivity index (χ3v) is 4.53. The van der Waals surface area contributed by atoms with Crippen LogP contribution in [0.25, 0.3) is 16.0 Å². The summed E-state index contributed by atoms with van der Waals surface area (Å²) in [5.74, 6) is -1.18. The maximum absolute atomic E-state index is 11.8. The molecule has 1 aromatic rings. The second kappa shape index (κ2) is 16.8. The topological polar surface area (TPSA) is 218 Å². The number of para-hydroxylation sites is 2. The van der Waals surface area contributed by atoms with Crippen LogP contribution in [0.1, 0.15) is 40.0 Å². The Bertz CT molecular complexity index is 919. The third-order valence-electron chi connectivity index (χ3n) is 4.14. The van der Waals surface area contributed by atoms with Crippen LogP contribution in [0.3, 0.4) is 0 Å². The SMILES string of the molecule is CCC1(CCC(C)C)C(=O)NC(=O)NC1=O.O=S(=O)(O)Oc1ccccc1O.[N-]=[N+]=[N-].[NaH].[Zn]. The smallest absolute Gasteiger partial charge is 0 e. The molecule has 0 atom stereocenters. The van der Waals surface area contributed by atoms with Crippen molar-refractivity contribution in [1.82, 2.24) is 10.6 Å². The second-order valence-corrected chi connectivity index (χ2v) is 7.70. The number of imide groups is 2. The van der Waals surface area contributed by atoms with Crippen molar-refractivity contribution in [2.24, 2.45) is 11.3 Å². The van der Waals surface area contributed by atoms with Gasteiger partial charge in [0.2, 0.25) is 11.8 Å². The Morgan fingerprint density at radius 2 is 1.58 bits per heavy atom. The first-order valence-electron chi connectivity index (χ1n) is 8.93. The molecule has 1 saturated heterocycles. The number of urea groups is 1. The molecule has 176 valence electrons. The van der Waals surface area contributed by atoms with Crippen molar-refractivity contribution in [3.63, 3.8) is 0 Å². The first-order chi connectivity index (χ1) is 14.3. The number of nitrogens with zero attached hydrogens (tertiary/aromatic N) is 3. The molecule has 16 heteroatoms. The molecule has 13 nitrogen and oxygen atoms in total. The van der Waals surface area contributed by atoms with Gasteiger partial charge in [0.05, 0.1) is 0 Å².